The predicted molar refractivity (Wildman–Crippen MR) is 255 cm³/mol. The number of nitro benzene ring substituents is 1. The third-order valence-electron chi connectivity index (χ3n) is 14.6. The van der Waals surface area contributed by atoms with E-state index in [9.17, 15) is 23.3 Å². The van der Waals surface area contributed by atoms with Crippen LogP contribution in [0.15, 0.2) is 102 Å². The number of benzene rings is 3. The summed E-state index contributed by atoms with van der Waals surface area (Å²) >= 11 is 0. The molecule has 3 atom stereocenters. The van der Waals surface area contributed by atoms with Crippen LogP contribution in [-0.2, 0) is 16.4 Å². The van der Waals surface area contributed by atoms with E-state index in [-0.39, 0.29) is 35.8 Å². The number of aromatic amines is 1. The number of fused-ring (bicyclic) bond motifs is 3. The molecule has 17 heteroatoms. The van der Waals surface area contributed by atoms with Crippen molar-refractivity contribution in [2.24, 2.45) is 5.41 Å². The zero-order chi connectivity index (χ0) is 46.0. The van der Waals surface area contributed by atoms with Gasteiger partial charge in [0, 0.05) is 72.9 Å². The Morgan fingerprint density at radius 3 is 2.61 bits per heavy atom. The number of amides is 1. The van der Waals surface area contributed by atoms with Gasteiger partial charge in [0.05, 0.1) is 33.7 Å². The van der Waals surface area contributed by atoms with E-state index in [0.29, 0.717) is 53.4 Å². The van der Waals surface area contributed by atoms with Crippen LogP contribution in [-0.4, -0.2) is 90.1 Å². The van der Waals surface area contributed by atoms with Gasteiger partial charge in [-0.1, -0.05) is 30.3 Å². The minimum atomic E-state index is -4.67. The fraction of sp³-hybridized carbons (Fsp3) is 0.380. The highest BCUT2D eigenvalue weighted by Crippen LogP contribution is 2.54. The number of anilines is 4. The zero-order valence-corrected chi connectivity index (χ0v) is 38.3. The molecule has 6 aromatic rings. The Morgan fingerprint density at radius 1 is 1.00 bits per heavy atom. The van der Waals surface area contributed by atoms with Gasteiger partial charge in [0.25, 0.3) is 21.6 Å². The first-order valence-electron chi connectivity index (χ1n) is 23.2. The number of rotatable bonds is 10. The SMILES string of the molecule is Cc1ccccc1[C@@H]1CCCN1C1CC2(CCN(c3ccc(C(=O)NS(=O)(=O)c4cc5c(c([N+](=O)[O-])c4)N[C@@H](Cc4ccccn4)CO5)c(N4C[C@@H](C)Oc5nc6[nH]ccc6cc54)c3)CC2)C1. The van der Waals surface area contributed by atoms with Crippen LogP contribution < -0.4 is 29.3 Å². The number of carbonyl (C=O) groups excluding carboxylic acids is 1. The van der Waals surface area contributed by atoms with Crippen LogP contribution in [0.4, 0.5) is 28.4 Å². The second-order valence-electron chi connectivity index (χ2n) is 19.0. The quantitative estimate of drug-likeness (QED) is 0.0882. The van der Waals surface area contributed by atoms with Gasteiger partial charge in [-0.2, -0.15) is 4.98 Å². The van der Waals surface area contributed by atoms with Crippen LogP contribution in [0.25, 0.3) is 11.0 Å². The Balaban J connectivity index is 0.860. The number of ether oxygens (including phenoxy) is 2. The lowest BCUT2D eigenvalue weighted by Gasteiger charge is -2.56. The molecule has 2 saturated heterocycles. The number of nitrogens with zero attached hydrogens (tertiary/aromatic N) is 6. The summed E-state index contributed by atoms with van der Waals surface area (Å²) in [6, 6.07) is 26.6. The maximum atomic E-state index is 14.5. The van der Waals surface area contributed by atoms with Gasteiger partial charge in [-0.3, -0.25) is 24.8 Å². The maximum absolute atomic E-state index is 14.5. The molecule has 3 aromatic heterocycles. The lowest BCUT2D eigenvalue weighted by Crippen LogP contribution is -2.54. The van der Waals surface area contributed by atoms with E-state index in [1.54, 1.807) is 24.5 Å². The largest absolute Gasteiger partial charge is 0.489 e. The average molecular weight is 924 g/mol. The standard InChI is InChI=1S/C50H53N9O7S/c1-31-8-3-4-10-39(31)41-11-7-19-57(41)37-27-50(28-37)15-20-56(21-16-50)36-12-13-40(42(24-36)58-29-32(2)66-49-44(58)22-33-14-18-52-47(33)54-49)48(60)55-67(63,64)38-25-43(59(61)62)46-45(26-38)65-30-35(53-46)23-34-9-5-6-17-51-34/h3-6,8-10,12-14,17-18,22,24-26,32,35,37,41,53H,7,11,15-16,19-21,23,27-30H2,1-2H3,(H,52,54)(H,55,60)/t32-,35+,41+/m1/s1. The van der Waals surface area contributed by atoms with Crippen LogP contribution in [0.1, 0.15) is 78.7 Å². The lowest BCUT2D eigenvalue weighted by molar-refractivity contribution is -0.384. The van der Waals surface area contributed by atoms with E-state index < -0.39 is 31.4 Å². The van der Waals surface area contributed by atoms with Gasteiger partial charge in [0.2, 0.25) is 5.88 Å². The highest BCUT2D eigenvalue weighted by atomic mass is 32.2. The molecule has 5 aliphatic rings. The van der Waals surface area contributed by atoms with Crippen molar-refractivity contribution < 1.29 is 27.6 Å². The molecule has 3 N–H and O–H groups in total. The van der Waals surface area contributed by atoms with Crippen molar-refractivity contribution in [1.29, 1.82) is 0 Å². The third-order valence-corrected chi connectivity index (χ3v) is 15.9. The zero-order valence-electron chi connectivity index (χ0n) is 37.5. The molecule has 346 valence electrons. The van der Waals surface area contributed by atoms with Crippen molar-refractivity contribution in [2.45, 2.75) is 87.9 Å². The average Bonchev–Trinajstić information content (AvgIpc) is 3.99. The molecule has 3 aromatic carbocycles. The second-order valence-corrected chi connectivity index (χ2v) is 20.6. The minimum absolute atomic E-state index is 0.00457. The van der Waals surface area contributed by atoms with Crippen LogP contribution >= 0.6 is 0 Å². The van der Waals surface area contributed by atoms with Crippen molar-refractivity contribution in [3.63, 3.8) is 0 Å². The van der Waals surface area contributed by atoms with E-state index in [4.69, 9.17) is 14.5 Å². The first kappa shape index (κ1) is 42.9. The second kappa shape index (κ2) is 16.9. The summed E-state index contributed by atoms with van der Waals surface area (Å²) in [5, 5.41) is 16.4. The Bertz CT molecular complexity index is 3000. The molecule has 1 aliphatic carbocycles. The van der Waals surface area contributed by atoms with Crippen LogP contribution in [0, 0.1) is 22.5 Å². The topological polar surface area (TPSA) is 188 Å². The number of hydrogen-bond donors (Lipinski definition) is 3. The minimum Gasteiger partial charge on any atom is -0.489 e. The summed E-state index contributed by atoms with van der Waals surface area (Å²) in [6.07, 6.45) is 10.5. The monoisotopic (exact) mass is 923 g/mol. The molecule has 1 amide bonds. The molecular formula is C50H53N9O7S. The van der Waals surface area contributed by atoms with E-state index >= 15 is 0 Å². The van der Waals surface area contributed by atoms with E-state index in [1.165, 1.54) is 42.9 Å². The Labute approximate surface area is 388 Å². The number of aryl methyl sites for hydroxylation is 1. The number of aromatic nitrogens is 3. The number of hydrogen-bond acceptors (Lipinski definition) is 13. The summed E-state index contributed by atoms with van der Waals surface area (Å²) in [5.74, 6) is -0.510. The predicted octanol–water partition coefficient (Wildman–Crippen LogP) is 8.21. The number of carbonyl (C=O) groups is 1. The number of nitrogens with one attached hydrogen (secondary N) is 3. The molecule has 16 nitrogen and oxygen atoms in total. The normalized spacial score (nSPS) is 21.4. The first-order valence-corrected chi connectivity index (χ1v) is 24.7. The molecule has 4 aliphatic heterocycles. The molecule has 67 heavy (non-hydrogen) atoms. The molecule has 11 rings (SSSR count). The Kier molecular flexibility index (Phi) is 10.8. The van der Waals surface area contributed by atoms with Crippen molar-refractivity contribution in [3.8, 4) is 11.6 Å². The number of piperidine rings is 1. The van der Waals surface area contributed by atoms with E-state index in [1.807, 2.05) is 48.2 Å². The van der Waals surface area contributed by atoms with E-state index in [2.05, 4.69) is 61.0 Å². The Hall–Kier alpha value is -6.72. The smallest absolute Gasteiger partial charge is 0.297 e. The number of nitro groups is 1. The highest BCUT2D eigenvalue weighted by molar-refractivity contribution is 7.90. The summed E-state index contributed by atoms with van der Waals surface area (Å²) in [6.45, 7) is 7.48. The fourth-order valence-corrected chi connectivity index (χ4v) is 12.2. The van der Waals surface area contributed by atoms with Gasteiger partial charge in [-0.05, 0) is 118 Å². The molecule has 3 fully saturated rings. The Morgan fingerprint density at radius 2 is 1.82 bits per heavy atom. The molecule has 1 spiro atoms. The van der Waals surface area contributed by atoms with Crippen molar-refractivity contribution in [1.82, 2.24) is 24.6 Å². The maximum Gasteiger partial charge on any atom is 0.297 e. The van der Waals surface area contributed by atoms with Gasteiger partial charge < -0.3 is 29.6 Å². The van der Waals surface area contributed by atoms with Gasteiger partial charge in [0.15, 0.2) is 11.4 Å². The lowest BCUT2D eigenvalue weighted by atomic mass is 9.59. The number of pyridine rings is 2. The van der Waals surface area contributed by atoms with Crippen molar-refractivity contribution >= 4 is 55.4 Å². The molecule has 0 unspecified atom stereocenters. The number of likely N-dealkylation sites (tertiary alicyclic amines) is 1. The molecule has 7 heterocycles. The molecular weight excluding hydrogens is 871 g/mol. The number of sulfonamides is 1. The van der Waals surface area contributed by atoms with Gasteiger partial charge in [-0.25, -0.2) is 13.1 Å². The van der Waals surface area contributed by atoms with E-state index in [0.717, 1.165) is 55.3 Å². The molecule has 1 saturated carbocycles. The molecule has 0 radical (unpaired) electrons. The van der Waals surface area contributed by atoms with Gasteiger partial charge >= 0.3 is 0 Å². The van der Waals surface area contributed by atoms with Gasteiger partial charge in [-0.15, -0.1) is 0 Å². The van der Waals surface area contributed by atoms with Crippen molar-refractivity contribution in [3.05, 3.63) is 130 Å². The highest BCUT2D eigenvalue weighted by Gasteiger charge is 2.50. The number of H-pyrrole nitrogens is 1. The summed E-state index contributed by atoms with van der Waals surface area (Å²) in [5.41, 5.74) is 6.28. The van der Waals surface area contributed by atoms with Crippen molar-refractivity contribution in [2.75, 3.05) is 47.9 Å². The van der Waals surface area contributed by atoms with Crippen LogP contribution in [0.2, 0.25) is 0 Å². The summed E-state index contributed by atoms with van der Waals surface area (Å²) < 4.78 is 42.7. The summed E-state index contributed by atoms with van der Waals surface area (Å²) in [7, 11) is -4.67. The van der Waals surface area contributed by atoms with Crippen LogP contribution in [0.3, 0.4) is 0 Å². The first-order chi connectivity index (χ1) is 32.4. The van der Waals surface area contributed by atoms with Gasteiger partial charge in [0.1, 0.15) is 24.0 Å². The fourth-order valence-electron chi connectivity index (χ4n) is 11.2. The third kappa shape index (κ3) is 8.07. The van der Waals surface area contributed by atoms with Crippen LogP contribution in [0.5, 0.6) is 11.6 Å². The summed E-state index contributed by atoms with van der Waals surface area (Å²) in [4.78, 5) is 45.1. The molecule has 0 bridgehead atoms.